The Labute approximate surface area is 427 Å². The van der Waals surface area contributed by atoms with Crippen LogP contribution < -0.4 is 10.6 Å². The van der Waals surface area contributed by atoms with Crippen LogP contribution in [0.15, 0.2) is 24.3 Å². The number of carbonyl (C=O) groups excluding carboxylic acids is 7. The molecule has 1 aromatic carbocycles. The molecule has 0 aliphatic carbocycles. The summed E-state index contributed by atoms with van der Waals surface area (Å²) in [6.07, 6.45) is 4.72. The molecule has 2 heterocycles. The molecule has 9 atom stereocenters. The second-order valence-electron chi connectivity index (χ2n) is 20.4. The number of methoxy groups -OCH3 is 2. The molecule has 3 N–H and O–H groups in total. The van der Waals surface area contributed by atoms with Gasteiger partial charge in [-0.15, -0.1) is 11.8 Å². The topological polar surface area (TPSA) is 212 Å². The number of rotatable bonds is 31. The van der Waals surface area contributed by atoms with Gasteiger partial charge in [0, 0.05) is 60.7 Å². The molecule has 1 aromatic rings. The maximum Gasteiger partial charge on any atom is 0.326 e. The molecule has 2 fully saturated rings. The molecule has 7 amide bonds. The smallest absolute Gasteiger partial charge is 0.326 e. The molecule has 0 spiro atoms. The van der Waals surface area contributed by atoms with E-state index in [2.05, 4.69) is 24.5 Å². The number of likely N-dealkylation sites (N-methyl/N-ethyl adjacent to an activating group) is 2. The quantitative estimate of drug-likeness (QED) is 0.0624. The van der Waals surface area contributed by atoms with Crippen LogP contribution in [0.1, 0.15) is 130 Å². The summed E-state index contributed by atoms with van der Waals surface area (Å²) < 4.78 is 11.9. The third-order valence-corrected chi connectivity index (χ3v) is 15.6. The number of amides is 7. The number of aliphatic carboxylic acids is 1. The fourth-order valence-electron chi connectivity index (χ4n) is 9.90. The summed E-state index contributed by atoms with van der Waals surface area (Å²) >= 11 is 1.56. The first kappa shape index (κ1) is 60.8. The van der Waals surface area contributed by atoms with Gasteiger partial charge in [-0.2, -0.15) is 0 Å². The number of aryl methyl sites for hydroxylation is 1. The van der Waals surface area contributed by atoms with Gasteiger partial charge in [-0.05, 0) is 68.1 Å². The second-order valence-corrected chi connectivity index (χ2v) is 21.7. The molecule has 0 saturated carbocycles. The highest BCUT2D eigenvalue weighted by Gasteiger charge is 2.43. The molecule has 0 bridgehead atoms. The Kier molecular flexibility index (Phi) is 25.5. The monoisotopic (exact) mass is 1010 g/mol. The Bertz CT molecular complexity index is 1930. The normalized spacial score (nSPS) is 19.0. The number of imide groups is 1. The SMILES string of the molecule is CC[C@H](C)[C@@H]([C@@H](CC(=O)N1CCC[C@H]1[C@H](OC)[C@@H](C)C(=O)N[C@@H](Cc1ccc(C)cc1)C(=O)O)OC)N(C)C(=O)CNC(=O)C(C(C)C)N(C)C(=O)CCCCCN1C(=O)CC(SCCCC(C)C)C1=O. The molecule has 3 rings (SSSR count). The summed E-state index contributed by atoms with van der Waals surface area (Å²) in [4.78, 5) is 113. The molecular formula is C53H86N6O11S. The number of benzene rings is 1. The molecule has 2 saturated heterocycles. The van der Waals surface area contributed by atoms with Crippen LogP contribution in [-0.2, 0) is 54.3 Å². The zero-order valence-electron chi connectivity index (χ0n) is 44.7. The van der Waals surface area contributed by atoms with Gasteiger partial charge in [-0.3, -0.25) is 38.5 Å². The minimum Gasteiger partial charge on any atom is -0.480 e. The summed E-state index contributed by atoms with van der Waals surface area (Å²) in [7, 11) is 6.18. The highest BCUT2D eigenvalue weighted by molar-refractivity contribution is 8.00. The van der Waals surface area contributed by atoms with Crippen molar-refractivity contribution in [2.24, 2.45) is 23.7 Å². The van der Waals surface area contributed by atoms with Gasteiger partial charge < -0.3 is 39.9 Å². The van der Waals surface area contributed by atoms with E-state index in [-0.39, 0.29) is 72.9 Å². The van der Waals surface area contributed by atoms with Crippen molar-refractivity contribution in [2.75, 3.05) is 53.7 Å². The number of carboxylic acid groups (broad SMARTS) is 1. The third-order valence-electron chi connectivity index (χ3n) is 14.3. The Morgan fingerprint density at radius 3 is 2.15 bits per heavy atom. The van der Waals surface area contributed by atoms with Gasteiger partial charge >= 0.3 is 5.97 Å². The van der Waals surface area contributed by atoms with Crippen molar-refractivity contribution in [3.63, 3.8) is 0 Å². The number of likely N-dealkylation sites (tertiary alicyclic amines) is 2. The second kappa shape index (κ2) is 29.8. The average Bonchev–Trinajstić information content (AvgIpc) is 3.92. The molecule has 18 heteroatoms. The van der Waals surface area contributed by atoms with Gasteiger partial charge in [0.05, 0.1) is 48.4 Å². The number of hydrogen-bond donors (Lipinski definition) is 3. The fourth-order valence-corrected chi connectivity index (χ4v) is 11.0. The van der Waals surface area contributed by atoms with Crippen molar-refractivity contribution in [3.05, 3.63) is 35.4 Å². The van der Waals surface area contributed by atoms with E-state index in [9.17, 15) is 43.5 Å². The summed E-state index contributed by atoms with van der Waals surface area (Å²) in [6, 6.07) is 4.41. The highest BCUT2D eigenvalue weighted by Crippen LogP contribution is 2.30. The zero-order valence-corrected chi connectivity index (χ0v) is 45.5. The van der Waals surface area contributed by atoms with Crippen LogP contribution in [0, 0.1) is 30.6 Å². The van der Waals surface area contributed by atoms with Gasteiger partial charge in [-0.25, -0.2) is 4.79 Å². The van der Waals surface area contributed by atoms with Gasteiger partial charge in [-0.1, -0.05) is 97.6 Å². The summed E-state index contributed by atoms with van der Waals surface area (Å²) in [5.74, 6) is -2.99. The molecule has 0 aromatic heterocycles. The fraction of sp³-hybridized carbons (Fsp3) is 0.736. The third kappa shape index (κ3) is 17.9. The molecule has 2 aliphatic rings. The van der Waals surface area contributed by atoms with Crippen molar-refractivity contribution in [2.45, 2.75) is 174 Å². The van der Waals surface area contributed by atoms with E-state index in [1.54, 1.807) is 37.7 Å². The number of unbranched alkanes of at least 4 members (excludes halogenated alkanes) is 2. The number of carbonyl (C=O) groups is 8. The van der Waals surface area contributed by atoms with Crippen LogP contribution in [0.4, 0.5) is 0 Å². The Morgan fingerprint density at radius 1 is 0.887 bits per heavy atom. The Morgan fingerprint density at radius 2 is 1.56 bits per heavy atom. The van der Waals surface area contributed by atoms with E-state index in [1.165, 1.54) is 28.9 Å². The van der Waals surface area contributed by atoms with Crippen molar-refractivity contribution in [1.82, 2.24) is 30.2 Å². The molecule has 400 valence electrons. The molecular weight excluding hydrogens is 929 g/mol. The first-order valence-electron chi connectivity index (χ1n) is 25.8. The number of hydrogen-bond acceptors (Lipinski definition) is 11. The van der Waals surface area contributed by atoms with Crippen LogP contribution in [-0.4, -0.2) is 167 Å². The van der Waals surface area contributed by atoms with Gasteiger partial charge in [0.15, 0.2) is 0 Å². The predicted molar refractivity (Wildman–Crippen MR) is 275 cm³/mol. The van der Waals surface area contributed by atoms with E-state index in [0.717, 1.165) is 29.7 Å². The number of ether oxygens (including phenoxy) is 2. The van der Waals surface area contributed by atoms with E-state index in [4.69, 9.17) is 9.47 Å². The first-order valence-corrected chi connectivity index (χ1v) is 26.8. The number of nitrogens with one attached hydrogen (secondary N) is 2. The average molecular weight is 1020 g/mol. The van der Waals surface area contributed by atoms with Gasteiger partial charge in [0.25, 0.3) is 0 Å². The minimum atomic E-state index is -1.16. The number of thioether (sulfide) groups is 1. The molecule has 0 radical (unpaired) electrons. The van der Waals surface area contributed by atoms with E-state index in [0.29, 0.717) is 57.5 Å². The Hall–Kier alpha value is -4.55. The standard InChI is InChI=1S/C53H86N6O11S/c1-13-36(7)48(41(69-11)30-44(61)58-27-17-20-40(58)49(70-12)37(8)50(64)55-39(53(67)68)29-38-24-22-35(6)23-25-38)57(10)46(63)32-54-51(65)47(34(4)5)56(9)43(60)21-15-14-16-26-59-45(62)31-42(52(59)66)71-28-18-19-33(2)3/h22-25,33-34,36-37,39-42,47-49H,13-21,26-32H2,1-12H3,(H,54,65)(H,55,64)(H,67,68)/t36-,37+,39-,40-,41+,42?,47?,48-,49+/m0/s1. The zero-order chi connectivity index (χ0) is 53.1. The van der Waals surface area contributed by atoms with Crippen molar-refractivity contribution < 1.29 is 52.9 Å². The minimum absolute atomic E-state index is 0.0736. The maximum atomic E-state index is 14.2. The summed E-state index contributed by atoms with van der Waals surface area (Å²) in [5.41, 5.74) is 1.81. The molecule has 17 nitrogen and oxygen atoms in total. The lowest BCUT2D eigenvalue weighted by molar-refractivity contribution is -0.147. The van der Waals surface area contributed by atoms with E-state index >= 15 is 0 Å². The van der Waals surface area contributed by atoms with Crippen molar-refractivity contribution >= 4 is 59.1 Å². The van der Waals surface area contributed by atoms with Crippen LogP contribution in [0.5, 0.6) is 0 Å². The van der Waals surface area contributed by atoms with Crippen LogP contribution in [0.25, 0.3) is 0 Å². The molecule has 2 aliphatic heterocycles. The number of carboxylic acids is 1. The van der Waals surface area contributed by atoms with Crippen molar-refractivity contribution in [1.29, 1.82) is 0 Å². The van der Waals surface area contributed by atoms with Crippen LogP contribution in [0.3, 0.4) is 0 Å². The van der Waals surface area contributed by atoms with Gasteiger partial charge in [0.1, 0.15) is 12.1 Å². The molecule has 2 unspecified atom stereocenters. The highest BCUT2D eigenvalue weighted by atomic mass is 32.2. The Balaban J connectivity index is 1.57. The first-order chi connectivity index (χ1) is 33.6. The summed E-state index contributed by atoms with van der Waals surface area (Å²) in [5, 5.41) is 15.1. The predicted octanol–water partition coefficient (Wildman–Crippen LogP) is 5.48. The number of nitrogens with zero attached hydrogens (tertiary/aromatic N) is 4. The van der Waals surface area contributed by atoms with Gasteiger partial charge in [0.2, 0.25) is 41.4 Å². The van der Waals surface area contributed by atoms with E-state index < -0.39 is 66.0 Å². The van der Waals surface area contributed by atoms with Crippen LogP contribution in [0.2, 0.25) is 0 Å². The van der Waals surface area contributed by atoms with E-state index in [1.807, 2.05) is 58.9 Å². The van der Waals surface area contributed by atoms with Crippen molar-refractivity contribution in [3.8, 4) is 0 Å². The molecule has 71 heavy (non-hydrogen) atoms. The lowest BCUT2D eigenvalue weighted by atomic mass is 9.90. The maximum absolute atomic E-state index is 14.2. The van der Waals surface area contributed by atoms with Crippen LogP contribution >= 0.6 is 11.8 Å². The lowest BCUT2D eigenvalue weighted by Gasteiger charge is -2.39. The largest absolute Gasteiger partial charge is 0.480 e. The lowest BCUT2D eigenvalue weighted by Crippen LogP contribution is -2.56. The summed E-state index contributed by atoms with van der Waals surface area (Å²) in [6.45, 7) is 16.0.